The van der Waals surface area contributed by atoms with Crippen LogP contribution < -0.4 is 5.32 Å². The Morgan fingerprint density at radius 1 is 0.932 bits per heavy atom. The van der Waals surface area contributed by atoms with Crippen molar-refractivity contribution in [2.75, 3.05) is 6.61 Å². The number of benzene rings is 1. The molecule has 2 aliphatic carbocycles. The third-order valence-corrected chi connectivity index (χ3v) is 11.3. The first-order valence-corrected chi connectivity index (χ1v) is 21.4. The molecule has 0 heterocycles. The van der Waals surface area contributed by atoms with Crippen LogP contribution in [0.25, 0.3) is 0 Å². The molecule has 320 valence electrons. The summed E-state index contributed by atoms with van der Waals surface area (Å²) in [5.74, 6) is -4.98. The van der Waals surface area contributed by atoms with E-state index < -0.39 is 52.7 Å². The number of Topliss-reactive ketones (excluding diaryl/α,β-unsaturated/α-hetero) is 1. The van der Waals surface area contributed by atoms with Gasteiger partial charge in [0.1, 0.15) is 6.04 Å². The summed E-state index contributed by atoms with van der Waals surface area (Å²) < 4.78 is 5.53. The number of ketones is 5. The monoisotopic (exact) mass is 809 g/mol. The highest BCUT2D eigenvalue weighted by Gasteiger charge is 2.44. The predicted molar refractivity (Wildman–Crippen MR) is 232 cm³/mol. The molecular formula is C50H67NO8. The van der Waals surface area contributed by atoms with Crippen LogP contribution >= 0.6 is 0 Å². The number of allylic oxidation sites excluding steroid dienone is 6. The van der Waals surface area contributed by atoms with Gasteiger partial charge < -0.3 is 10.1 Å². The first-order valence-electron chi connectivity index (χ1n) is 21.4. The highest BCUT2D eigenvalue weighted by molar-refractivity contribution is 6.42. The largest absolute Gasteiger partial charge is 0.462 e. The van der Waals surface area contributed by atoms with Crippen LogP contribution in [-0.4, -0.2) is 47.4 Å². The van der Waals surface area contributed by atoms with Gasteiger partial charge in [0.25, 0.3) is 0 Å². The second kappa shape index (κ2) is 22.5. The number of esters is 1. The molecule has 59 heavy (non-hydrogen) atoms. The molecule has 1 aromatic rings. The van der Waals surface area contributed by atoms with Crippen molar-refractivity contribution in [3.63, 3.8) is 0 Å². The topological polar surface area (TPSA) is 141 Å². The second-order valence-corrected chi connectivity index (χ2v) is 18.3. The molecule has 2 fully saturated rings. The van der Waals surface area contributed by atoms with Gasteiger partial charge in [-0.25, -0.2) is 4.79 Å². The molecule has 0 aliphatic heterocycles. The first kappa shape index (κ1) is 48.6. The zero-order valence-electron chi connectivity index (χ0n) is 36.7. The molecule has 1 amide bonds. The van der Waals surface area contributed by atoms with Crippen LogP contribution in [0.2, 0.25) is 0 Å². The maximum Gasteiger partial charge on any atom is 0.334 e. The van der Waals surface area contributed by atoms with E-state index >= 15 is 0 Å². The fourth-order valence-electron chi connectivity index (χ4n) is 8.51. The molecule has 9 nitrogen and oxygen atoms in total. The molecule has 0 aromatic heterocycles. The lowest BCUT2D eigenvalue weighted by Crippen LogP contribution is -2.38. The van der Waals surface area contributed by atoms with Crippen molar-refractivity contribution < 1.29 is 38.3 Å². The predicted octanol–water partition coefficient (Wildman–Crippen LogP) is 9.67. The molecule has 0 spiro atoms. The molecule has 4 atom stereocenters. The minimum absolute atomic E-state index is 0.144. The van der Waals surface area contributed by atoms with E-state index in [1.165, 1.54) is 24.3 Å². The van der Waals surface area contributed by atoms with Gasteiger partial charge in [0.05, 0.1) is 12.5 Å². The molecule has 1 aromatic carbocycles. The van der Waals surface area contributed by atoms with Crippen LogP contribution in [-0.2, 0) is 38.3 Å². The Morgan fingerprint density at radius 2 is 1.59 bits per heavy atom. The average molecular weight is 810 g/mol. The Balaban J connectivity index is 1.73. The van der Waals surface area contributed by atoms with Crippen LogP contribution in [0.3, 0.4) is 0 Å². The van der Waals surface area contributed by atoms with E-state index in [1.54, 1.807) is 44.2 Å². The average Bonchev–Trinajstić information content (AvgIpc) is 3.16. The lowest BCUT2D eigenvalue weighted by Gasteiger charge is -2.40. The minimum atomic E-state index is -0.894. The number of amides is 1. The van der Waals surface area contributed by atoms with Gasteiger partial charge in [0.2, 0.25) is 17.5 Å². The normalized spacial score (nSPS) is 19.7. The second-order valence-electron chi connectivity index (χ2n) is 18.3. The van der Waals surface area contributed by atoms with Crippen molar-refractivity contribution >= 4 is 40.8 Å². The minimum Gasteiger partial charge on any atom is -0.462 e. The molecule has 0 bridgehead atoms. The smallest absolute Gasteiger partial charge is 0.334 e. The molecule has 0 radical (unpaired) electrons. The first-order chi connectivity index (χ1) is 27.8. The summed E-state index contributed by atoms with van der Waals surface area (Å²) in [4.78, 5) is 93.2. The molecule has 2 aliphatic rings. The van der Waals surface area contributed by atoms with Gasteiger partial charge in [-0.2, -0.15) is 0 Å². The van der Waals surface area contributed by atoms with Gasteiger partial charge in [0.15, 0.2) is 17.3 Å². The summed E-state index contributed by atoms with van der Waals surface area (Å²) in [5, 5.41) is 2.73. The van der Waals surface area contributed by atoms with Crippen molar-refractivity contribution in [2.45, 2.75) is 132 Å². The van der Waals surface area contributed by atoms with Crippen LogP contribution in [0.15, 0.2) is 90.1 Å². The Morgan fingerprint density at radius 3 is 2.20 bits per heavy atom. The maximum atomic E-state index is 14.2. The van der Waals surface area contributed by atoms with E-state index in [0.717, 1.165) is 49.3 Å². The van der Waals surface area contributed by atoms with E-state index in [1.807, 2.05) is 26.8 Å². The summed E-state index contributed by atoms with van der Waals surface area (Å²) in [5.41, 5.74) is 1.72. The molecule has 2 unspecified atom stereocenters. The Kier molecular flexibility index (Phi) is 18.6. The molecule has 9 heteroatoms. The molecule has 2 saturated carbocycles. The summed E-state index contributed by atoms with van der Waals surface area (Å²) in [6.07, 6.45) is 15.3. The lowest BCUT2D eigenvalue weighted by molar-refractivity contribution is -0.143. The zero-order chi connectivity index (χ0) is 43.9. The SMILES string of the molecule is C=C(C(=O)OCC(C)C)[C@H](C(=O)/C=C1/CC(C(=O)/C=C/[C@@H](CCC)C(=O)C(=O)/C=C/CC(=O)NC(C(=O)C=C(C)C)c2ccccc2)CC(C)(C)C1)C1(C)CCCCC1. The number of nitrogens with one attached hydrogen (secondary N) is 1. The lowest BCUT2D eigenvalue weighted by atomic mass is 9.63. The standard InChI is InChI=1S/C50H67NO8/c1-10-18-38(47(57)41(53)21-17-22-44(56)51-46(43(55)27-33(2)3)37-19-13-11-14-20-37)23-24-40(52)39-28-36(30-49(7,8)31-39)29-42(54)45(50(9)25-15-12-16-26-50)35(6)48(58)59-32-34(4)5/h11,13-14,17,19-21,23-24,27,29,34,38-39,45-46H,6,10,12,15-16,18,22,25-26,28,30-32H2,1-5,7-9H3,(H,51,56)/b21-17+,24-23+,36-29-/t38-,39?,45-,46?/m1/s1. The highest BCUT2D eigenvalue weighted by Crippen LogP contribution is 2.47. The van der Waals surface area contributed by atoms with Crippen molar-refractivity contribution in [3.05, 3.63) is 95.6 Å². The number of ether oxygens (including phenoxy) is 1. The number of carbonyl (C=O) groups excluding carboxylic acids is 7. The number of hydrogen-bond acceptors (Lipinski definition) is 8. The van der Waals surface area contributed by atoms with Crippen LogP contribution in [0, 0.1) is 34.5 Å². The fourth-order valence-corrected chi connectivity index (χ4v) is 8.51. The third-order valence-electron chi connectivity index (χ3n) is 11.3. The van der Waals surface area contributed by atoms with Crippen molar-refractivity contribution in [1.82, 2.24) is 5.32 Å². The van der Waals surface area contributed by atoms with E-state index in [-0.39, 0.29) is 47.3 Å². The quantitative estimate of drug-likeness (QED) is 0.0736. The van der Waals surface area contributed by atoms with Crippen molar-refractivity contribution in [1.29, 1.82) is 0 Å². The number of carbonyl (C=O) groups is 7. The van der Waals surface area contributed by atoms with Crippen molar-refractivity contribution in [3.8, 4) is 0 Å². The van der Waals surface area contributed by atoms with E-state index in [0.29, 0.717) is 37.7 Å². The van der Waals surface area contributed by atoms with Crippen LogP contribution in [0.4, 0.5) is 0 Å². The van der Waals surface area contributed by atoms with E-state index in [2.05, 4.69) is 32.7 Å². The van der Waals surface area contributed by atoms with Crippen LogP contribution in [0.1, 0.15) is 138 Å². The summed E-state index contributed by atoms with van der Waals surface area (Å²) in [6, 6.07) is 7.97. The third kappa shape index (κ3) is 15.1. The van der Waals surface area contributed by atoms with Crippen LogP contribution in [0.5, 0.6) is 0 Å². The van der Waals surface area contributed by atoms with E-state index in [4.69, 9.17) is 4.74 Å². The van der Waals surface area contributed by atoms with Gasteiger partial charge >= 0.3 is 5.97 Å². The Bertz CT molecular complexity index is 1830. The molecular weight excluding hydrogens is 743 g/mol. The van der Waals surface area contributed by atoms with Gasteiger partial charge in [-0.05, 0) is 99.0 Å². The van der Waals surface area contributed by atoms with E-state index in [9.17, 15) is 33.6 Å². The Hall–Kier alpha value is -4.79. The molecule has 0 saturated heterocycles. The highest BCUT2D eigenvalue weighted by atomic mass is 16.5. The zero-order valence-corrected chi connectivity index (χ0v) is 36.7. The summed E-state index contributed by atoms with van der Waals surface area (Å²) >= 11 is 0. The Labute approximate surface area is 352 Å². The molecule has 1 N–H and O–H groups in total. The number of hydrogen-bond donors (Lipinski definition) is 1. The summed E-state index contributed by atoms with van der Waals surface area (Å²) in [6.45, 7) is 19.9. The summed E-state index contributed by atoms with van der Waals surface area (Å²) in [7, 11) is 0. The van der Waals surface area contributed by atoms with Crippen molar-refractivity contribution in [2.24, 2.45) is 34.5 Å². The molecule has 3 rings (SSSR count). The number of rotatable bonds is 21. The van der Waals surface area contributed by atoms with Gasteiger partial charge in [-0.1, -0.05) is 127 Å². The van der Waals surface area contributed by atoms with Gasteiger partial charge in [-0.3, -0.25) is 28.8 Å². The fraction of sp³-hybridized carbons (Fsp3) is 0.540. The maximum absolute atomic E-state index is 14.2. The van der Waals surface area contributed by atoms with Gasteiger partial charge in [-0.15, -0.1) is 0 Å². The van der Waals surface area contributed by atoms with Gasteiger partial charge in [0, 0.05) is 23.8 Å².